The van der Waals surface area contributed by atoms with Gasteiger partial charge >= 0.3 is 5.97 Å². The number of fused-ring (bicyclic) bond motifs is 1. The van der Waals surface area contributed by atoms with Gasteiger partial charge in [-0.2, -0.15) is 0 Å². The van der Waals surface area contributed by atoms with Crippen LogP contribution in [0.2, 0.25) is 0 Å². The predicted molar refractivity (Wildman–Crippen MR) is 105 cm³/mol. The number of ether oxygens (including phenoxy) is 6. The van der Waals surface area contributed by atoms with Gasteiger partial charge in [-0.1, -0.05) is 6.07 Å². The summed E-state index contributed by atoms with van der Waals surface area (Å²) in [7, 11) is 4.51. The number of aliphatic hydroxyl groups is 1. The van der Waals surface area contributed by atoms with Crippen LogP contribution in [0.4, 0.5) is 0 Å². The molecule has 0 aliphatic carbocycles. The first-order chi connectivity index (χ1) is 14.5. The Morgan fingerprint density at radius 3 is 2.37 bits per heavy atom. The molecule has 0 radical (unpaired) electrons. The molecule has 30 heavy (non-hydrogen) atoms. The first kappa shape index (κ1) is 20.2. The normalized spacial score (nSPS) is 20.6. The van der Waals surface area contributed by atoms with E-state index in [0.29, 0.717) is 40.7 Å². The number of hydrogen-bond acceptors (Lipinski definition) is 8. The van der Waals surface area contributed by atoms with E-state index >= 15 is 0 Å². The molecule has 3 atom stereocenters. The highest BCUT2D eigenvalue weighted by Crippen LogP contribution is 2.43. The van der Waals surface area contributed by atoms with Crippen molar-refractivity contribution in [3.05, 3.63) is 41.5 Å². The SMILES string of the molecule is COc1cc(C(O)C2C(=O)OCC2Cc2ccc3c(c2)OCO3)cc(OC)c1OC. The summed E-state index contributed by atoms with van der Waals surface area (Å²) in [6.07, 6.45) is -0.540. The van der Waals surface area contributed by atoms with Crippen molar-refractivity contribution in [3.8, 4) is 28.7 Å². The fourth-order valence-corrected chi connectivity index (χ4v) is 4.00. The van der Waals surface area contributed by atoms with E-state index in [1.807, 2.05) is 18.2 Å². The summed E-state index contributed by atoms with van der Waals surface area (Å²) in [5.74, 6) is 1.26. The average Bonchev–Trinajstić information content (AvgIpc) is 3.38. The van der Waals surface area contributed by atoms with Gasteiger partial charge in [-0.25, -0.2) is 0 Å². The molecule has 8 heteroatoms. The fraction of sp³-hybridized carbons (Fsp3) is 0.409. The van der Waals surface area contributed by atoms with Gasteiger partial charge in [0.2, 0.25) is 12.5 Å². The van der Waals surface area contributed by atoms with Gasteiger partial charge in [-0.05, 0) is 41.8 Å². The second-order valence-electron chi connectivity index (χ2n) is 7.21. The van der Waals surface area contributed by atoms with Crippen molar-refractivity contribution < 1.29 is 38.3 Å². The van der Waals surface area contributed by atoms with Crippen molar-refractivity contribution in [2.45, 2.75) is 12.5 Å². The maximum atomic E-state index is 12.5. The molecule has 0 amide bonds. The van der Waals surface area contributed by atoms with E-state index in [1.54, 1.807) is 12.1 Å². The topological polar surface area (TPSA) is 92.7 Å². The van der Waals surface area contributed by atoms with Gasteiger partial charge < -0.3 is 33.5 Å². The molecule has 160 valence electrons. The minimum atomic E-state index is -1.09. The van der Waals surface area contributed by atoms with Crippen LogP contribution in [0.5, 0.6) is 28.7 Å². The van der Waals surface area contributed by atoms with Crippen molar-refractivity contribution in [1.29, 1.82) is 0 Å². The van der Waals surface area contributed by atoms with E-state index in [9.17, 15) is 9.90 Å². The highest BCUT2D eigenvalue weighted by molar-refractivity contribution is 5.76. The van der Waals surface area contributed by atoms with E-state index in [-0.39, 0.29) is 19.3 Å². The van der Waals surface area contributed by atoms with Gasteiger partial charge in [-0.3, -0.25) is 4.79 Å². The number of aliphatic hydroxyl groups excluding tert-OH is 1. The fourth-order valence-electron chi connectivity index (χ4n) is 4.00. The van der Waals surface area contributed by atoms with Crippen LogP contribution in [-0.2, 0) is 16.0 Å². The summed E-state index contributed by atoms with van der Waals surface area (Å²) >= 11 is 0. The number of carbonyl (C=O) groups is 1. The molecule has 4 rings (SSSR count). The van der Waals surface area contributed by atoms with Crippen LogP contribution in [0.1, 0.15) is 17.2 Å². The molecule has 0 aromatic heterocycles. The molecule has 2 heterocycles. The zero-order valence-corrected chi connectivity index (χ0v) is 17.0. The number of benzene rings is 2. The summed E-state index contributed by atoms with van der Waals surface area (Å²) in [4.78, 5) is 12.5. The van der Waals surface area contributed by atoms with Crippen LogP contribution >= 0.6 is 0 Å². The van der Waals surface area contributed by atoms with Gasteiger partial charge in [0.05, 0.1) is 40.0 Å². The standard InChI is InChI=1S/C22H24O8/c1-25-17-8-13(9-18(26-2)21(17)27-3)20(23)19-14(10-28-22(19)24)6-12-4-5-15-16(7-12)30-11-29-15/h4-5,7-9,14,19-20,23H,6,10-11H2,1-3H3. The van der Waals surface area contributed by atoms with Crippen molar-refractivity contribution in [1.82, 2.24) is 0 Å². The van der Waals surface area contributed by atoms with E-state index in [1.165, 1.54) is 21.3 Å². The smallest absolute Gasteiger partial charge is 0.312 e. The maximum absolute atomic E-state index is 12.5. The molecule has 2 aliphatic heterocycles. The Kier molecular flexibility index (Phi) is 5.59. The Morgan fingerprint density at radius 1 is 1.00 bits per heavy atom. The van der Waals surface area contributed by atoms with Crippen molar-refractivity contribution in [3.63, 3.8) is 0 Å². The van der Waals surface area contributed by atoms with E-state index < -0.39 is 18.0 Å². The Balaban J connectivity index is 1.60. The van der Waals surface area contributed by atoms with Gasteiger partial charge in [0.1, 0.15) is 0 Å². The zero-order valence-electron chi connectivity index (χ0n) is 17.0. The number of hydrogen-bond donors (Lipinski definition) is 1. The highest BCUT2D eigenvalue weighted by Gasteiger charge is 2.43. The number of esters is 1. The largest absolute Gasteiger partial charge is 0.493 e. The summed E-state index contributed by atoms with van der Waals surface area (Å²) < 4.78 is 32.1. The quantitative estimate of drug-likeness (QED) is 0.689. The van der Waals surface area contributed by atoms with Gasteiger partial charge in [-0.15, -0.1) is 0 Å². The number of rotatable bonds is 7. The maximum Gasteiger partial charge on any atom is 0.312 e. The lowest BCUT2D eigenvalue weighted by Gasteiger charge is -2.23. The van der Waals surface area contributed by atoms with Crippen molar-refractivity contribution in [2.24, 2.45) is 11.8 Å². The molecule has 0 bridgehead atoms. The van der Waals surface area contributed by atoms with Crippen LogP contribution in [0, 0.1) is 11.8 Å². The lowest BCUT2D eigenvalue weighted by Crippen LogP contribution is -2.25. The van der Waals surface area contributed by atoms with E-state index in [0.717, 1.165) is 5.56 Å². The van der Waals surface area contributed by atoms with Gasteiger partial charge in [0.15, 0.2) is 23.0 Å². The number of cyclic esters (lactones) is 1. The predicted octanol–water partition coefficient (Wildman–Crippen LogP) is 2.51. The molecular formula is C22H24O8. The van der Waals surface area contributed by atoms with E-state index in [2.05, 4.69) is 0 Å². The zero-order chi connectivity index (χ0) is 21.3. The monoisotopic (exact) mass is 416 g/mol. The number of carbonyl (C=O) groups excluding carboxylic acids is 1. The average molecular weight is 416 g/mol. The Labute approximate surface area is 174 Å². The third-order valence-corrected chi connectivity index (χ3v) is 5.52. The molecule has 2 aliphatic rings. The Morgan fingerprint density at radius 2 is 1.70 bits per heavy atom. The molecule has 3 unspecified atom stereocenters. The molecule has 1 fully saturated rings. The lowest BCUT2D eigenvalue weighted by atomic mass is 9.83. The van der Waals surface area contributed by atoms with Crippen LogP contribution in [0.3, 0.4) is 0 Å². The Bertz CT molecular complexity index is 916. The van der Waals surface area contributed by atoms with Crippen molar-refractivity contribution >= 4 is 5.97 Å². The first-order valence-electron chi connectivity index (χ1n) is 9.58. The highest BCUT2D eigenvalue weighted by atomic mass is 16.7. The number of methoxy groups -OCH3 is 3. The van der Waals surface area contributed by atoms with Crippen LogP contribution in [0.15, 0.2) is 30.3 Å². The molecule has 0 saturated carbocycles. The molecule has 2 aromatic rings. The van der Waals surface area contributed by atoms with Crippen LogP contribution in [-0.4, -0.2) is 45.8 Å². The van der Waals surface area contributed by atoms with Crippen LogP contribution < -0.4 is 23.7 Å². The first-order valence-corrected chi connectivity index (χ1v) is 9.58. The minimum absolute atomic E-state index is 0.201. The summed E-state index contributed by atoms with van der Waals surface area (Å²) in [5, 5.41) is 11.1. The van der Waals surface area contributed by atoms with Gasteiger partial charge in [0.25, 0.3) is 0 Å². The molecule has 1 N–H and O–H groups in total. The summed E-state index contributed by atoms with van der Waals surface area (Å²) in [6, 6.07) is 8.97. The third-order valence-electron chi connectivity index (χ3n) is 5.52. The molecule has 8 nitrogen and oxygen atoms in total. The third kappa shape index (κ3) is 3.59. The molecule has 1 saturated heterocycles. The second-order valence-corrected chi connectivity index (χ2v) is 7.21. The molecule has 2 aromatic carbocycles. The van der Waals surface area contributed by atoms with Crippen LogP contribution in [0.25, 0.3) is 0 Å². The van der Waals surface area contributed by atoms with Crippen molar-refractivity contribution in [2.75, 3.05) is 34.7 Å². The Hall–Kier alpha value is -3.13. The molecule has 0 spiro atoms. The van der Waals surface area contributed by atoms with Gasteiger partial charge in [0, 0.05) is 5.92 Å². The van der Waals surface area contributed by atoms with E-state index in [4.69, 9.17) is 28.4 Å². The second kappa shape index (κ2) is 8.31. The summed E-state index contributed by atoms with van der Waals surface area (Å²) in [6.45, 7) is 0.436. The summed E-state index contributed by atoms with van der Waals surface area (Å²) in [5.41, 5.74) is 1.47. The molecular weight excluding hydrogens is 392 g/mol. The lowest BCUT2D eigenvalue weighted by molar-refractivity contribution is -0.144. The minimum Gasteiger partial charge on any atom is -0.493 e.